The Hall–Kier alpha value is -0.860. The number of halogens is 1. The van der Waals surface area contributed by atoms with E-state index in [2.05, 4.69) is 9.73 Å². The molecule has 1 aliphatic heterocycles. The second-order valence-corrected chi connectivity index (χ2v) is 7.07. The highest BCUT2D eigenvalue weighted by atomic mass is 35.5. The van der Waals surface area contributed by atoms with E-state index >= 15 is 0 Å². The molecule has 2 rings (SSSR count). The zero-order valence-corrected chi connectivity index (χ0v) is 13.1. The highest BCUT2D eigenvalue weighted by molar-refractivity contribution is 7.89. The fraction of sp³-hybridized carbons (Fsp3) is 0.500. The molecular formula is C12H19ClN4O2S. The Balaban J connectivity index is 2.18. The zero-order valence-electron chi connectivity index (χ0n) is 11.6. The van der Waals surface area contributed by atoms with Crippen molar-refractivity contribution < 1.29 is 8.42 Å². The predicted octanol–water partition coefficient (Wildman–Crippen LogP) is 0.671. The van der Waals surface area contributed by atoms with E-state index in [0.717, 1.165) is 13.1 Å². The van der Waals surface area contributed by atoms with E-state index in [1.165, 1.54) is 12.1 Å². The number of rotatable bonds is 3. The van der Waals surface area contributed by atoms with Crippen LogP contribution in [-0.4, -0.2) is 51.6 Å². The normalized spacial score (nSPS) is 18.4. The van der Waals surface area contributed by atoms with Gasteiger partial charge in [-0.1, -0.05) is 11.6 Å². The highest BCUT2D eigenvalue weighted by Crippen LogP contribution is 2.25. The van der Waals surface area contributed by atoms with Gasteiger partial charge in [-0.15, -0.1) is 4.83 Å². The molecule has 0 atom stereocenters. The topological polar surface area (TPSA) is 78.7 Å². The summed E-state index contributed by atoms with van der Waals surface area (Å²) < 4.78 is 24.6. The Morgan fingerprint density at radius 3 is 2.40 bits per heavy atom. The molecular weight excluding hydrogens is 300 g/mol. The minimum Gasteiger partial charge on any atom is -0.398 e. The molecule has 0 aromatic heterocycles. The number of anilines is 1. The average molecular weight is 319 g/mol. The number of nitrogens with one attached hydrogen (secondary N) is 1. The molecule has 112 valence electrons. The van der Waals surface area contributed by atoms with Crippen molar-refractivity contribution in [3.63, 3.8) is 0 Å². The van der Waals surface area contributed by atoms with Gasteiger partial charge in [0.1, 0.15) is 0 Å². The molecule has 8 heteroatoms. The van der Waals surface area contributed by atoms with Crippen molar-refractivity contribution in [2.75, 3.05) is 39.0 Å². The van der Waals surface area contributed by atoms with Crippen molar-refractivity contribution in [1.29, 1.82) is 0 Å². The second kappa shape index (κ2) is 5.87. The number of piperazine rings is 1. The summed E-state index contributed by atoms with van der Waals surface area (Å²) in [5.41, 5.74) is 6.83. The van der Waals surface area contributed by atoms with Gasteiger partial charge in [0.2, 0.25) is 0 Å². The fourth-order valence-corrected chi connectivity index (χ4v) is 3.42. The lowest BCUT2D eigenvalue weighted by atomic mass is 10.2. The summed E-state index contributed by atoms with van der Waals surface area (Å²) in [6, 6.07) is 2.85. The minimum absolute atomic E-state index is 0.0875. The lowest BCUT2D eigenvalue weighted by Crippen LogP contribution is -2.52. The molecule has 1 fully saturated rings. The first-order valence-electron chi connectivity index (χ1n) is 6.31. The van der Waals surface area contributed by atoms with Crippen LogP contribution in [0.3, 0.4) is 0 Å². The SMILES string of the molecule is Cc1c(N)cc(S(=O)(=O)NN2CCN(C)CC2)cc1Cl. The summed E-state index contributed by atoms with van der Waals surface area (Å²) in [5, 5.41) is 2.04. The molecule has 1 aliphatic rings. The standard InChI is InChI=1S/C12H19ClN4O2S/c1-9-11(13)7-10(8-12(9)14)20(18,19)15-17-5-3-16(2)4-6-17/h7-8,15H,3-6,14H2,1-2H3. The van der Waals surface area contributed by atoms with E-state index in [1.54, 1.807) is 11.9 Å². The van der Waals surface area contributed by atoms with Crippen LogP contribution in [-0.2, 0) is 10.0 Å². The van der Waals surface area contributed by atoms with Crippen LogP contribution in [0.1, 0.15) is 5.56 Å². The number of benzene rings is 1. The summed E-state index contributed by atoms with van der Waals surface area (Å²) in [6.07, 6.45) is 0. The van der Waals surface area contributed by atoms with E-state index in [4.69, 9.17) is 17.3 Å². The Labute approximate surface area is 124 Å². The Morgan fingerprint density at radius 1 is 1.25 bits per heavy atom. The number of hydrogen-bond acceptors (Lipinski definition) is 5. The van der Waals surface area contributed by atoms with Crippen LogP contribution in [0.15, 0.2) is 17.0 Å². The summed E-state index contributed by atoms with van der Waals surface area (Å²) in [6.45, 7) is 4.68. The fourth-order valence-electron chi connectivity index (χ4n) is 1.95. The van der Waals surface area contributed by atoms with Crippen molar-refractivity contribution in [3.05, 3.63) is 22.7 Å². The molecule has 1 heterocycles. The summed E-state index contributed by atoms with van der Waals surface area (Å²) >= 11 is 5.99. The number of nitrogens with zero attached hydrogens (tertiary/aromatic N) is 2. The predicted molar refractivity (Wildman–Crippen MR) is 80.0 cm³/mol. The molecule has 20 heavy (non-hydrogen) atoms. The van der Waals surface area contributed by atoms with Crippen molar-refractivity contribution in [2.45, 2.75) is 11.8 Å². The van der Waals surface area contributed by atoms with Crippen LogP contribution in [0.5, 0.6) is 0 Å². The Kier molecular flexibility index (Phi) is 4.55. The smallest absolute Gasteiger partial charge is 0.253 e. The molecule has 0 aliphatic carbocycles. The molecule has 0 saturated carbocycles. The van der Waals surface area contributed by atoms with Gasteiger partial charge in [-0.3, -0.25) is 0 Å². The molecule has 0 unspecified atom stereocenters. The van der Waals surface area contributed by atoms with Gasteiger partial charge in [0.25, 0.3) is 10.0 Å². The van der Waals surface area contributed by atoms with Crippen LogP contribution in [0.4, 0.5) is 5.69 Å². The quantitative estimate of drug-likeness (QED) is 0.801. The van der Waals surface area contributed by atoms with Crippen molar-refractivity contribution >= 4 is 27.3 Å². The number of nitrogen functional groups attached to an aromatic ring is 1. The van der Waals surface area contributed by atoms with Gasteiger partial charge in [0, 0.05) is 36.9 Å². The molecule has 1 aromatic rings. The third-order valence-corrected chi connectivity index (χ3v) is 5.17. The number of likely N-dealkylation sites (N-methyl/N-ethyl adjacent to an activating group) is 1. The largest absolute Gasteiger partial charge is 0.398 e. The van der Waals surface area contributed by atoms with Gasteiger partial charge in [0.15, 0.2) is 0 Å². The summed E-state index contributed by atoms with van der Waals surface area (Å²) in [7, 11) is -1.64. The maximum Gasteiger partial charge on any atom is 0.253 e. The zero-order chi connectivity index (χ0) is 14.9. The molecule has 0 radical (unpaired) electrons. The monoisotopic (exact) mass is 318 g/mol. The summed E-state index contributed by atoms with van der Waals surface area (Å²) in [4.78, 5) is 4.80. The van der Waals surface area contributed by atoms with E-state index in [1.807, 2.05) is 7.05 Å². The third-order valence-electron chi connectivity index (χ3n) is 3.42. The Morgan fingerprint density at radius 2 is 1.85 bits per heavy atom. The molecule has 3 N–H and O–H groups in total. The van der Waals surface area contributed by atoms with Crippen LogP contribution in [0.2, 0.25) is 5.02 Å². The van der Waals surface area contributed by atoms with Gasteiger partial charge in [-0.25, -0.2) is 13.4 Å². The third kappa shape index (κ3) is 3.42. The molecule has 1 aromatic carbocycles. The first-order chi connectivity index (χ1) is 9.29. The maximum absolute atomic E-state index is 12.3. The van der Waals surface area contributed by atoms with Crippen LogP contribution in [0, 0.1) is 6.92 Å². The number of sulfonamides is 1. The second-order valence-electron chi connectivity index (χ2n) is 5.00. The first kappa shape index (κ1) is 15.5. The van der Waals surface area contributed by atoms with Gasteiger partial charge in [-0.05, 0) is 31.7 Å². The van der Waals surface area contributed by atoms with Crippen LogP contribution >= 0.6 is 11.6 Å². The molecule has 0 bridgehead atoms. The first-order valence-corrected chi connectivity index (χ1v) is 8.17. The molecule has 0 spiro atoms. The molecule has 1 saturated heterocycles. The number of nitrogens with two attached hydrogens (primary N) is 1. The number of hydrogen-bond donors (Lipinski definition) is 2. The van der Waals surface area contributed by atoms with Crippen molar-refractivity contribution in [3.8, 4) is 0 Å². The van der Waals surface area contributed by atoms with Crippen molar-refractivity contribution in [2.24, 2.45) is 0 Å². The van der Waals surface area contributed by atoms with Crippen LogP contribution < -0.4 is 10.6 Å². The van der Waals surface area contributed by atoms with E-state index in [9.17, 15) is 8.42 Å². The van der Waals surface area contributed by atoms with Crippen LogP contribution in [0.25, 0.3) is 0 Å². The highest BCUT2D eigenvalue weighted by Gasteiger charge is 2.22. The van der Waals surface area contributed by atoms with Gasteiger partial charge in [-0.2, -0.15) is 0 Å². The van der Waals surface area contributed by atoms with E-state index < -0.39 is 10.0 Å². The van der Waals surface area contributed by atoms with Gasteiger partial charge >= 0.3 is 0 Å². The Bertz CT molecular complexity index is 574. The minimum atomic E-state index is -3.65. The van der Waals surface area contributed by atoms with Gasteiger partial charge in [0.05, 0.1) is 4.90 Å². The van der Waals surface area contributed by atoms with E-state index in [0.29, 0.717) is 29.4 Å². The lowest BCUT2D eigenvalue weighted by molar-refractivity contribution is 0.135. The average Bonchev–Trinajstić information content (AvgIpc) is 2.38. The summed E-state index contributed by atoms with van der Waals surface area (Å²) in [5.74, 6) is 0. The molecule has 6 nitrogen and oxygen atoms in total. The van der Waals surface area contributed by atoms with Crippen molar-refractivity contribution in [1.82, 2.24) is 14.7 Å². The number of hydrazine groups is 1. The molecule has 0 amide bonds. The van der Waals surface area contributed by atoms with E-state index in [-0.39, 0.29) is 4.90 Å². The van der Waals surface area contributed by atoms with Gasteiger partial charge < -0.3 is 10.6 Å². The lowest BCUT2D eigenvalue weighted by Gasteiger charge is -2.32. The maximum atomic E-state index is 12.3.